The molecule has 2 atom stereocenters. The zero-order valence-electron chi connectivity index (χ0n) is 24.1. The monoisotopic (exact) mass is 561 g/mol. The summed E-state index contributed by atoms with van der Waals surface area (Å²) < 4.78 is 15.4. The number of carbonyl (C=O) groups is 6. The van der Waals surface area contributed by atoms with Gasteiger partial charge in [-0.2, -0.15) is 0 Å². The number of alkyl carbamates (subject to hydrolysis) is 1. The Labute approximate surface area is 234 Å². The molecule has 0 bridgehead atoms. The van der Waals surface area contributed by atoms with Crippen LogP contribution < -0.4 is 5.32 Å². The van der Waals surface area contributed by atoms with Gasteiger partial charge in [-0.3, -0.25) is 24.0 Å². The number of piperazine rings is 1. The van der Waals surface area contributed by atoms with Gasteiger partial charge in [0.05, 0.1) is 13.5 Å². The van der Waals surface area contributed by atoms with Crippen LogP contribution in [0, 0.1) is 0 Å². The summed E-state index contributed by atoms with van der Waals surface area (Å²) in [7, 11) is 1.16. The van der Waals surface area contributed by atoms with E-state index in [-0.39, 0.29) is 26.1 Å². The van der Waals surface area contributed by atoms with Crippen LogP contribution in [0.1, 0.15) is 63.9 Å². The summed E-state index contributed by atoms with van der Waals surface area (Å²) >= 11 is 0. The van der Waals surface area contributed by atoms with Crippen molar-refractivity contribution < 1.29 is 43.0 Å². The van der Waals surface area contributed by atoms with Gasteiger partial charge in [-0.25, -0.2) is 4.79 Å². The largest absolute Gasteiger partial charge is 0.469 e. The Bertz CT molecular complexity index is 1100. The standard InChI is InChI=1S/C28H39N3O9/c1-27(2,3)39-23(34)16-30-12-13-31(21(25(30)36)15-22(33)38-7)24(35)20(29-26(37)40-28(4,5)6)14-18-8-10-19(17-32)11-9-18/h8-11,17,20-21H,12-16H2,1-7H3,(H,29,37)/t20-,21?/m0/s1. The molecule has 12 heteroatoms. The third-order valence-corrected chi connectivity index (χ3v) is 5.74. The fourth-order valence-electron chi connectivity index (χ4n) is 4.05. The van der Waals surface area contributed by atoms with Crippen molar-refractivity contribution in [1.29, 1.82) is 0 Å². The first-order valence-corrected chi connectivity index (χ1v) is 12.9. The maximum Gasteiger partial charge on any atom is 0.408 e. The van der Waals surface area contributed by atoms with Crippen molar-refractivity contribution in [3.8, 4) is 0 Å². The molecule has 1 N–H and O–H groups in total. The number of rotatable bonds is 9. The van der Waals surface area contributed by atoms with E-state index >= 15 is 0 Å². The second kappa shape index (κ2) is 13.4. The van der Waals surface area contributed by atoms with E-state index < -0.39 is 59.6 Å². The maximum absolute atomic E-state index is 13.9. The molecule has 0 aromatic heterocycles. The Hall–Kier alpha value is -3.96. The molecule has 40 heavy (non-hydrogen) atoms. The Kier molecular flexibility index (Phi) is 10.8. The van der Waals surface area contributed by atoms with Crippen LogP contribution in [0.2, 0.25) is 0 Å². The Morgan fingerprint density at radius 1 is 0.975 bits per heavy atom. The zero-order chi connectivity index (χ0) is 30.3. The van der Waals surface area contributed by atoms with Crippen molar-refractivity contribution in [1.82, 2.24) is 15.1 Å². The van der Waals surface area contributed by atoms with Crippen molar-refractivity contribution in [2.75, 3.05) is 26.7 Å². The number of amides is 3. The van der Waals surface area contributed by atoms with Gasteiger partial charge in [0, 0.05) is 25.1 Å². The molecule has 3 amide bonds. The summed E-state index contributed by atoms with van der Waals surface area (Å²) in [6.07, 6.45) is -0.576. The van der Waals surface area contributed by atoms with Crippen molar-refractivity contribution in [2.24, 2.45) is 0 Å². The minimum Gasteiger partial charge on any atom is -0.469 e. The van der Waals surface area contributed by atoms with E-state index in [9.17, 15) is 28.8 Å². The number of methoxy groups -OCH3 is 1. The van der Waals surface area contributed by atoms with Crippen molar-refractivity contribution in [3.05, 3.63) is 35.4 Å². The first-order valence-electron chi connectivity index (χ1n) is 12.9. The van der Waals surface area contributed by atoms with Crippen LogP contribution in [0.5, 0.6) is 0 Å². The second-order valence-electron chi connectivity index (χ2n) is 11.4. The van der Waals surface area contributed by atoms with Crippen LogP contribution in [0.25, 0.3) is 0 Å². The van der Waals surface area contributed by atoms with E-state index in [1.54, 1.807) is 65.8 Å². The van der Waals surface area contributed by atoms with Crippen molar-refractivity contribution in [3.63, 3.8) is 0 Å². The highest BCUT2D eigenvalue weighted by molar-refractivity contribution is 5.95. The summed E-state index contributed by atoms with van der Waals surface area (Å²) in [6, 6.07) is 4.03. The van der Waals surface area contributed by atoms with Crippen molar-refractivity contribution >= 4 is 36.1 Å². The van der Waals surface area contributed by atoms with Crippen LogP contribution >= 0.6 is 0 Å². The smallest absolute Gasteiger partial charge is 0.408 e. The number of benzene rings is 1. The molecule has 0 spiro atoms. The summed E-state index contributed by atoms with van der Waals surface area (Å²) in [5.74, 6) is -2.59. The minimum absolute atomic E-state index is 0.00832. The van der Waals surface area contributed by atoms with Gasteiger partial charge in [0.2, 0.25) is 11.8 Å². The quantitative estimate of drug-likeness (QED) is 0.271. The van der Waals surface area contributed by atoms with Gasteiger partial charge < -0.3 is 29.3 Å². The number of esters is 2. The lowest BCUT2D eigenvalue weighted by Crippen LogP contribution is -2.63. The van der Waals surface area contributed by atoms with E-state index in [0.717, 1.165) is 7.11 Å². The molecule has 1 aromatic carbocycles. The zero-order valence-corrected chi connectivity index (χ0v) is 24.1. The Balaban J connectivity index is 2.34. The maximum atomic E-state index is 13.9. The average molecular weight is 562 g/mol. The second-order valence-corrected chi connectivity index (χ2v) is 11.4. The van der Waals surface area contributed by atoms with E-state index in [1.165, 1.54) is 9.80 Å². The van der Waals surface area contributed by atoms with Gasteiger partial charge in [0.1, 0.15) is 36.1 Å². The highest BCUT2D eigenvalue weighted by atomic mass is 16.6. The van der Waals surface area contributed by atoms with Gasteiger partial charge in [-0.05, 0) is 47.1 Å². The van der Waals surface area contributed by atoms with Gasteiger partial charge in [0.25, 0.3) is 0 Å². The number of nitrogens with one attached hydrogen (secondary N) is 1. The van der Waals surface area contributed by atoms with Crippen LogP contribution in [0.3, 0.4) is 0 Å². The Morgan fingerprint density at radius 3 is 2.10 bits per heavy atom. The van der Waals surface area contributed by atoms with E-state index in [2.05, 4.69) is 5.32 Å². The first-order chi connectivity index (χ1) is 18.5. The van der Waals surface area contributed by atoms with Crippen LogP contribution in [-0.2, 0) is 39.8 Å². The third kappa shape index (κ3) is 9.97. The topological polar surface area (TPSA) is 149 Å². The fourth-order valence-corrected chi connectivity index (χ4v) is 4.05. The molecule has 1 aliphatic rings. The Morgan fingerprint density at radius 2 is 1.57 bits per heavy atom. The predicted octanol–water partition coefficient (Wildman–Crippen LogP) is 1.88. The molecule has 0 saturated carbocycles. The molecule has 1 aromatic rings. The molecule has 0 radical (unpaired) electrons. The number of hydrogen-bond acceptors (Lipinski definition) is 9. The summed E-state index contributed by atoms with van der Waals surface area (Å²) in [4.78, 5) is 78.0. The average Bonchev–Trinajstić information content (AvgIpc) is 2.83. The SMILES string of the molecule is COC(=O)CC1C(=O)N(CC(=O)OC(C)(C)C)CCN1C(=O)[C@H](Cc1ccc(C=O)cc1)NC(=O)OC(C)(C)C. The molecule has 220 valence electrons. The minimum atomic E-state index is -1.27. The third-order valence-electron chi connectivity index (χ3n) is 5.74. The van der Waals surface area contributed by atoms with E-state index in [1.807, 2.05) is 0 Å². The number of aldehydes is 1. The summed E-state index contributed by atoms with van der Waals surface area (Å²) in [5, 5.41) is 2.58. The summed E-state index contributed by atoms with van der Waals surface area (Å²) in [6.45, 7) is 9.79. The number of hydrogen-bond donors (Lipinski definition) is 1. The highest BCUT2D eigenvalue weighted by Gasteiger charge is 2.42. The lowest BCUT2D eigenvalue weighted by molar-refractivity contribution is -0.164. The molecule has 1 unspecified atom stereocenters. The first kappa shape index (κ1) is 32.3. The molecule has 1 aliphatic heterocycles. The molecular weight excluding hydrogens is 522 g/mol. The fraction of sp³-hybridized carbons (Fsp3) is 0.571. The normalized spacial score (nSPS) is 16.6. The number of ether oxygens (including phenoxy) is 3. The lowest BCUT2D eigenvalue weighted by atomic mass is 10.0. The molecular formula is C28H39N3O9. The molecule has 1 saturated heterocycles. The summed E-state index contributed by atoms with van der Waals surface area (Å²) in [5.41, 5.74) is -0.510. The predicted molar refractivity (Wildman–Crippen MR) is 143 cm³/mol. The van der Waals surface area contributed by atoms with Gasteiger partial charge in [-0.15, -0.1) is 0 Å². The molecule has 12 nitrogen and oxygen atoms in total. The van der Waals surface area contributed by atoms with Crippen LogP contribution in [-0.4, -0.2) is 96.0 Å². The van der Waals surface area contributed by atoms with Gasteiger partial charge >= 0.3 is 18.0 Å². The molecule has 0 aliphatic carbocycles. The van der Waals surface area contributed by atoms with Gasteiger partial charge in [0.15, 0.2) is 0 Å². The number of nitrogens with zero attached hydrogens (tertiary/aromatic N) is 2. The van der Waals surface area contributed by atoms with Crippen LogP contribution in [0.15, 0.2) is 24.3 Å². The lowest BCUT2D eigenvalue weighted by Gasteiger charge is -2.41. The van der Waals surface area contributed by atoms with E-state index in [0.29, 0.717) is 17.4 Å². The van der Waals surface area contributed by atoms with Crippen LogP contribution in [0.4, 0.5) is 4.79 Å². The molecule has 1 fully saturated rings. The molecule has 2 rings (SSSR count). The molecule has 1 heterocycles. The van der Waals surface area contributed by atoms with Crippen molar-refractivity contribution in [2.45, 2.75) is 77.7 Å². The van der Waals surface area contributed by atoms with Gasteiger partial charge in [-0.1, -0.05) is 24.3 Å². The number of carbonyl (C=O) groups excluding carboxylic acids is 6. The van der Waals surface area contributed by atoms with E-state index in [4.69, 9.17) is 14.2 Å². The highest BCUT2D eigenvalue weighted by Crippen LogP contribution is 2.20.